The Labute approximate surface area is 157 Å². The Morgan fingerprint density at radius 2 is 2.15 bits per heavy atom. The lowest BCUT2D eigenvalue weighted by atomic mass is 9.98. The molecule has 2 bridgehead atoms. The number of amides is 1. The van der Waals surface area contributed by atoms with Crippen LogP contribution >= 0.6 is 0 Å². The smallest absolute Gasteiger partial charge is 0.223 e. The predicted octanol–water partition coefficient (Wildman–Crippen LogP) is 2.86. The number of aryl methyl sites for hydroxylation is 3. The topological polar surface area (TPSA) is 76.5 Å². The van der Waals surface area contributed by atoms with Gasteiger partial charge >= 0.3 is 0 Å². The van der Waals surface area contributed by atoms with Gasteiger partial charge < -0.3 is 9.42 Å². The molecule has 2 unspecified atom stereocenters. The summed E-state index contributed by atoms with van der Waals surface area (Å²) in [6, 6.07) is 2.38. The second-order valence-electron chi connectivity index (χ2n) is 7.77. The Bertz CT molecular complexity index is 1030. The highest BCUT2D eigenvalue weighted by molar-refractivity contribution is 5.78. The minimum Gasteiger partial charge on any atom is -0.361 e. The van der Waals surface area contributed by atoms with Crippen molar-refractivity contribution in [3.8, 4) is 0 Å². The lowest BCUT2D eigenvalue weighted by Gasteiger charge is -2.36. The monoisotopic (exact) mass is 365 g/mol. The van der Waals surface area contributed by atoms with Crippen LogP contribution in [0.1, 0.15) is 59.3 Å². The van der Waals surface area contributed by atoms with Crippen LogP contribution in [0, 0.1) is 20.8 Å². The fraction of sp³-hybridized carbons (Fsp3) is 0.500. The van der Waals surface area contributed by atoms with E-state index in [1.165, 1.54) is 5.69 Å². The van der Waals surface area contributed by atoms with Crippen molar-refractivity contribution in [2.24, 2.45) is 0 Å². The van der Waals surface area contributed by atoms with Gasteiger partial charge in [0.15, 0.2) is 5.65 Å². The number of nitrogens with zero attached hydrogens (tertiary/aromatic N) is 5. The van der Waals surface area contributed by atoms with E-state index in [1.807, 2.05) is 37.5 Å². The van der Waals surface area contributed by atoms with Gasteiger partial charge in [-0.1, -0.05) is 5.16 Å². The van der Waals surface area contributed by atoms with E-state index in [2.05, 4.69) is 20.1 Å². The molecule has 2 atom stereocenters. The molecule has 0 aliphatic carbocycles. The SMILES string of the molecule is Cc1cc2ncc3c(n2n1)CC1CCC3N1C(=O)CCc1c(C)noc1C. The Balaban J connectivity index is 1.42. The highest BCUT2D eigenvalue weighted by Crippen LogP contribution is 2.43. The third kappa shape index (κ3) is 2.48. The van der Waals surface area contributed by atoms with Gasteiger partial charge in [-0.25, -0.2) is 9.50 Å². The summed E-state index contributed by atoms with van der Waals surface area (Å²) in [5, 5.41) is 8.61. The zero-order valence-corrected chi connectivity index (χ0v) is 15.9. The van der Waals surface area contributed by atoms with E-state index >= 15 is 0 Å². The Morgan fingerprint density at radius 1 is 1.30 bits per heavy atom. The molecule has 3 aromatic rings. The first kappa shape index (κ1) is 16.5. The van der Waals surface area contributed by atoms with Gasteiger partial charge in [0.2, 0.25) is 5.91 Å². The third-order valence-electron chi connectivity index (χ3n) is 6.09. The van der Waals surface area contributed by atoms with E-state index in [0.717, 1.165) is 53.2 Å². The van der Waals surface area contributed by atoms with Gasteiger partial charge in [0.25, 0.3) is 0 Å². The maximum absolute atomic E-state index is 13.1. The minimum absolute atomic E-state index is 0.123. The lowest BCUT2D eigenvalue weighted by molar-refractivity contribution is -0.134. The van der Waals surface area contributed by atoms with E-state index in [0.29, 0.717) is 12.8 Å². The molecular formula is C20H23N5O2. The first-order valence-electron chi connectivity index (χ1n) is 9.60. The van der Waals surface area contributed by atoms with Crippen molar-refractivity contribution in [3.05, 3.63) is 46.2 Å². The van der Waals surface area contributed by atoms with Crippen molar-refractivity contribution in [2.75, 3.05) is 0 Å². The molecule has 5 heterocycles. The molecule has 0 N–H and O–H groups in total. The molecule has 27 heavy (non-hydrogen) atoms. The van der Waals surface area contributed by atoms with E-state index in [4.69, 9.17) is 4.52 Å². The second-order valence-corrected chi connectivity index (χ2v) is 7.77. The van der Waals surface area contributed by atoms with Gasteiger partial charge in [0, 0.05) is 42.3 Å². The van der Waals surface area contributed by atoms with Gasteiger partial charge in [-0.3, -0.25) is 4.79 Å². The van der Waals surface area contributed by atoms with E-state index in [1.54, 1.807) is 0 Å². The highest BCUT2D eigenvalue weighted by atomic mass is 16.5. The average molecular weight is 365 g/mol. The first-order chi connectivity index (χ1) is 13.0. The van der Waals surface area contributed by atoms with Crippen LogP contribution in [0.2, 0.25) is 0 Å². The van der Waals surface area contributed by atoms with Crippen LogP contribution in [0.5, 0.6) is 0 Å². The lowest BCUT2D eigenvalue weighted by Crippen LogP contribution is -2.42. The molecule has 2 aliphatic rings. The molecule has 1 amide bonds. The minimum atomic E-state index is 0.123. The Morgan fingerprint density at radius 3 is 2.93 bits per heavy atom. The summed E-state index contributed by atoms with van der Waals surface area (Å²) < 4.78 is 7.20. The number of rotatable bonds is 3. The maximum Gasteiger partial charge on any atom is 0.223 e. The number of aromatic nitrogens is 4. The van der Waals surface area contributed by atoms with Gasteiger partial charge in [-0.15, -0.1) is 0 Å². The van der Waals surface area contributed by atoms with Crippen LogP contribution in [-0.4, -0.2) is 36.6 Å². The van der Waals surface area contributed by atoms with Crippen molar-refractivity contribution < 1.29 is 9.32 Å². The molecule has 0 spiro atoms. The van der Waals surface area contributed by atoms with Crippen LogP contribution in [0.25, 0.3) is 5.65 Å². The van der Waals surface area contributed by atoms with Crippen molar-refractivity contribution in [1.29, 1.82) is 0 Å². The molecule has 2 aliphatic heterocycles. The molecule has 7 nitrogen and oxygen atoms in total. The Hall–Kier alpha value is -2.70. The fourth-order valence-corrected chi connectivity index (χ4v) is 4.80. The summed E-state index contributed by atoms with van der Waals surface area (Å²) >= 11 is 0. The molecule has 140 valence electrons. The summed E-state index contributed by atoms with van der Waals surface area (Å²) in [6.07, 6.45) is 6.01. The molecule has 7 heteroatoms. The van der Waals surface area contributed by atoms with Crippen molar-refractivity contribution >= 4 is 11.6 Å². The van der Waals surface area contributed by atoms with Gasteiger partial charge in [0.1, 0.15) is 5.76 Å². The second kappa shape index (κ2) is 5.90. The fourth-order valence-electron chi connectivity index (χ4n) is 4.80. The molecular weight excluding hydrogens is 342 g/mol. The third-order valence-corrected chi connectivity index (χ3v) is 6.09. The standard InChI is InChI=1S/C20H23N5O2/c1-11-8-19-21-10-16-17-6-4-14(9-18(16)25(19)22-11)24(17)20(26)7-5-15-12(2)23-27-13(15)3/h8,10,14,17H,4-7,9H2,1-3H3. The van der Waals surface area contributed by atoms with Gasteiger partial charge in [-0.2, -0.15) is 5.10 Å². The van der Waals surface area contributed by atoms with Crippen LogP contribution in [0.3, 0.4) is 0 Å². The summed E-state index contributed by atoms with van der Waals surface area (Å²) in [4.78, 5) is 19.8. The van der Waals surface area contributed by atoms with Gasteiger partial charge in [0.05, 0.1) is 23.1 Å². The number of hydrogen-bond donors (Lipinski definition) is 0. The number of hydrogen-bond acceptors (Lipinski definition) is 5. The number of carbonyl (C=O) groups is 1. The predicted molar refractivity (Wildman–Crippen MR) is 98.3 cm³/mol. The molecule has 3 aromatic heterocycles. The van der Waals surface area contributed by atoms with Crippen molar-refractivity contribution in [3.63, 3.8) is 0 Å². The zero-order valence-electron chi connectivity index (χ0n) is 15.9. The molecule has 5 rings (SSSR count). The summed E-state index contributed by atoms with van der Waals surface area (Å²) in [5.41, 5.74) is 6.18. The number of fused-ring (bicyclic) bond motifs is 6. The summed E-state index contributed by atoms with van der Waals surface area (Å²) in [5.74, 6) is 1.03. The van der Waals surface area contributed by atoms with E-state index < -0.39 is 0 Å². The summed E-state index contributed by atoms with van der Waals surface area (Å²) in [6.45, 7) is 5.83. The van der Waals surface area contributed by atoms with Crippen molar-refractivity contribution in [2.45, 2.75) is 65.0 Å². The molecule has 0 saturated carbocycles. The van der Waals surface area contributed by atoms with Crippen LogP contribution in [-0.2, 0) is 17.6 Å². The van der Waals surface area contributed by atoms with Crippen LogP contribution in [0.15, 0.2) is 16.8 Å². The summed E-state index contributed by atoms with van der Waals surface area (Å²) in [7, 11) is 0. The zero-order chi connectivity index (χ0) is 18.7. The maximum atomic E-state index is 13.1. The van der Waals surface area contributed by atoms with E-state index in [-0.39, 0.29) is 18.0 Å². The van der Waals surface area contributed by atoms with E-state index in [9.17, 15) is 4.79 Å². The first-order valence-corrected chi connectivity index (χ1v) is 9.60. The average Bonchev–Trinajstić information content (AvgIpc) is 3.28. The van der Waals surface area contributed by atoms with Crippen LogP contribution < -0.4 is 0 Å². The van der Waals surface area contributed by atoms with Crippen LogP contribution in [0.4, 0.5) is 0 Å². The quantitative estimate of drug-likeness (QED) is 0.713. The molecule has 0 radical (unpaired) electrons. The number of carbonyl (C=O) groups excluding carboxylic acids is 1. The molecule has 1 saturated heterocycles. The van der Waals surface area contributed by atoms with Crippen molar-refractivity contribution in [1.82, 2.24) is 24.7 Å². The highest BCUT2D eigenvalue weighted by Gasteiger charge is 2.43. The Kier molecular flexibility index (Phi) is 3.60. The largest absolute Gasteiger partial charge is 0.361 e. The molecule has 0 aromatic carbocycles. The molecule has 1 fully saturated rings. The normalized spacial score (nSPS) is 21.1. The van der Waals surface area contributed by atoms with Gasteiger partial charge in [-0.05, 0) is 40.0 Å².